The van der Waals surface area contributed by atoms with Gasteiger partial charge in [-0.25, -0.2) is 0 Å². The molecule has 0 aromatic heterocycles. The van der Waals surface area contributed by atoms with Crippen molar-refractivity contribution in [2.75, 3.05) is 0 Å². The first kappa shape index (κ1) is 32.0. The molecule has 0 amide bonds. The van der Waals surface area contributed by atoms with E-state index >= 15 is 0 Å². The van der Waals surface area contributed by atoms with E-state index in [1.165, 1.54) is 122 Å². The molecule has 2 saturated heterocycles. The van der Waals surface area contributed by atoms with Crippen molar-refractivity contribution in [1.82, 2.24) is 4.90 Å². The molecule has 2 heterocycles. The maximum Gasteiger partial charge on any atom is 0.0652 e. The molecule has 10 fully saturated rings. The Labute approximate surface area is 293 Å². The summed E-state index contributed by atoms with van der Waals surface area (Å²) in [4.78, 5) is 3.31. The monoisotopic (exact) mass is 662 g/mol. The maximum absolute atomic E-state index is 7.53. The lowest BCUT2D eigenvalue weighted by Gasteiger charge is -2.54. The van der Waals surface area contributed by atoms with Crippen LogP contribution in [0.2, 0.25) is 0 Å². The van der Waals surface area contributed by atoms with E-state index in [4.69, 9.17) is 4.74 Å². The molecule has 0 bridgehead atoms. The molecule has 0 radical (unpaired) electrons. The normalized spacial score (nSPS) is 53.3. The molecular formula is C44H71NOS. The first-order valence-corrected chi connectivity index (χ1v) is 23.3. The highest BCUT2D eigenvalue weighted by molar-refractivity contribution is 8.00. The molecular weight excluding hydrogens is 591 g/mol. The summed E-state index contributed by atoms with van der Waals surface area (Å²) in [6.45, 7) is 0. The zero-order valence-electron chi connectivity index (χ0n) is 30.2. The molecule has 0 spiro atoms. The smallest absolute Gasteiger partial charge is 0.0652 e. The van der Waals surface area contributed by atoms with Gasteiger partial charge in [0.1, 0.15) is 0 Å². The predicted octanol–water partition coefficient (Wildman–Crippen LogP) is 11.4. The van der Waals surface area contributed by atoms with E-state index in [1.807, 2.05) is 0 Å². The average molecular weight is 662 g/mol. The number of fused-ring (bicyclic) bond motifs is 10. The number of rotatable bonds is 4. The zero-order chi connectivity index (χ0) is 30.9. The minimum Gasteiger partial charge on any atom is -0.374 e. The summed E-state index contributed by atoms with van der Waals surface area (Å²) in [7, 11) is 0. The zero-order valence-corrected chi connectivity index (χ0v) is 31.0. The summed E-state index contributed by atoms with van der Waals surface area (Å²) in [5.41, 5.74) is 0. The van der Waals surface area contributed by atoms with Crippen LogP contribution in [0.25, 0.3) is 0 Å². The molecule has 8 saturated carbocycles. The van der Waals surface area contributed by atoms with Crippen LogP contribution in [-0.2, 0) is 4.74 Å². The van der Waals surface area contributed by atoms with Gasteiger partial charge in [-0.15, -0.1) is 0 Å². The van der Waals surface area contributed by atoms with Crippen LogP contribution >= 0.6 is 11.8 Å². The first-order chi connectivity index (χ1) is 23.3. The molecule has 14 atom stereocenters. The minimum atomic E-state index is 0.631. The van der Waals surface area contributed by atoms with Crippen LogP contribution in [0.4, 0.5) is 0 Å². The summed E-state index contributed by atoms with van der Waals surface area (Å²) >= 11 is 2.44. The topological polar surface area (TPSA) is 12.5 Å². The van der Waals surface area contributed by atoms with Crippen molar-refractivity contribution in [2.24, 2.45) is 59.2 Å². The van der Waals surface area contributed by atoms with Gasteiger partial charge in [0.2, 0.25) is 0 Å². The van der Waals surface area contributed by atoms with E-state index in [2.05, 4.69) is 16.7 Å². The average Bonchev–Trinajstić information content (AvgIpc) is 3.71. The summed E-state index contributed by atoms with van der Waals surface area (Å²) in [6.07, 6.45) is 42.6. The van der Waals surface area contributed by atoms with Crippen LogP contribution < -0.4 is 0 Å². The Morgan fingerprint density at radius 2 is 0.957 bits per heavy atom. The van der Waals surface area contributed by atoms with Crippen molar-refractivity contribution in [3.05, 3.63) is 0 Å². The molecule has 0 aromatic carbocycles. The highest BCUT2D eigenvalue weighted by atomic mass is 32.2. The Balaban J connectivity index is 0.816. The van der Waals surface area contributed by atoms with Crippen molar-refractivity contribution >= 4 is 11.8 Å². The van der Waals surface area contributed by atoms with E-state index in [-0.39, 0.29) is 0 Å². The van der Waals surface area contributed by atoms with Gasteiger partial charge in [-0.3, -0.25) is 4.90 Å². The van der Waals surface area contributed by atoms with Crippen LogP contribution in [0.5, 0.6) is 0 Å². The molecule has 0 aromatic rings. The molecule has 47 heavy (non-hydrogen) atoms. The van der Waals surface area contributed by atoms with Gasteiger partial charge in [-0.2, -0.15) is 11.8 Å². The number of thioether (sulfide) groups is 1. The third-order valence-corrected chi connectivity index (χ3v) is 19.9. The standard InChI is InChI=1S/C44H71NOS/c1-2-10-31(11-3-1)45(33-23-24-35-30(27-33)18-17-28-9-4-5-12-34(28)35)32-21-19-29(20-22-32)36-14-8-15-37-38-25-26-41-42(44(38)46-43(36)37)39-13-6-7-16-40(39)47-41/h28-44H,1-27H2. The minimum absolute atomic E-state index is 0.631. The Hall–Kier alpha value is 0.270. The quantitative estimate of drug-likeness (QED) is 0.297. The summed E-state index contributed by atoms with van der Waals surface area (Å²) in [5.74, 6) is 10.00. The molecule has 2 nitrogen and oxygen atoms in total. The highest BCUT2D eigenvalue weighted by Crippen LogP contribution is 2.62. The third-order valence-electron chi connectivity index (χ3n) is 18.0. The van der Waals surface area contributed by atoms with Crippen LogP contribution in [0.1, 0.15) is 173 Å². The highest BCUT2D eigenvalue weighted by Gasteiger charge is 2.60. The lowest BCUT2D eigenvalue weighted by Crippen LogP contribution is -2.55. The lowest BCUT2D eigenvalue weighted by atomic mass is 9.57. The molecule has 8 aliphatic carbocycles. The Bertz CT molecular complexity index is 1070. The number of ether oxygens (including phenoxy) is 1. The van der Waals surface area contributed by atoms with Crippen LogP contribution in [0.15, 0.2) is 0 Å². The fraction of sp³-hybridized carbons (Fsp3) is 1.00. The second kappa shape index (κ2) is 13.7. The molecule has 0 N–H and O–H groups in total. The molecule has 10 rings (SSSR count). The van der Waals surface area contributed by atoms with E-state index in [9.17, 15) is 0 Å². The maximum atomic E-state index is 7.53. The van der Waals surface area contributed by atoms with Crippen molar-refractivity contribution in [3.8, 4) is 0 Å². The first-order valence-electron chi connectivity index (χ1n) is 22.4. The van der Waals surface area contributed by atoms with Crippen LogP contribution in [0.3, 0.4) is 0 Å². The van der Waals surface area contributed by atoms with Gasteiger partial charge >= 0.3 is 0 Å². The largest absolute Gasteiger partial charge is 0.374 e. The summed E-state index contributed by atoms with van der Waals surface area (Å²) in [5, 5.41) is 1.93. The molecule has 14 unspecified atom stereocenters. The summed E-state index contributed by atoms with van der Waals surface area (Å²) in [6, 6.07) is 2.73. The lowest BCUT2D eigenvalue weighted by molar-refractivity contribution is -0.0791. The SMILES string of the molecule is C1CCC(N(C2CCC(C3CCCC4C5CCC6SC7CCCCC7C6C5OC34)CC2)C2CCC3C(CCC4CCCCC43)C2)CC1. The fourth-order valence-corrected chi connectivity index (χ4v) is 18.3. The second-order valence-electron chi connectivity index (χ2n) is 19.8. The molecule has 2 aliphatic heterocycles. The van der Waals surface area contributed by atoms with Crippen molar-refractivity contribution in [1.29, 1.82) is 0 Å². The fourth-order valence-electron chi connectivity index (χ4n) is 16.2. The van der Waals surface area contributed by atoms with E-state index in [0.29, 0.717) is 12.2 Å². The van der Waals surface area contributed by atoms with E-state index in [0.717, 1.165) is 87.8 Å². The van der Waals surface area contributed by atoms with Gasteiger partial charge in [0.25, 0.3) is 0 Å². The van der Waals surface area contributed by atoms with Gasteiger partial charge in [-0.1, -0.05) is 57.8 Å². The molecule has 10 aliphatic rings. The number of hydrogen-bond acceptors (Lipinski definition) is 3. The van der Waals surface area contributed by atoms with E-state index in [1.54, 1.807) is 51.4 Å². The number of hydrogen-bond donors (Lipinski definition) is 0. The van der Waals surface area contributed by atoms with Gasteiger partial charge in [0, 0.05) is 34.5 Å². The Morgan fingerprint density at radius 3 is 1.85 bits per heavy atom. The van der Waals surface area contributed by atoms with Crippen LogP contribution in [-0.4, -0.2) is 45.7 Å². The second-order valence-corrected chi connectivity index (χ2v) is 21.3. The summed E-state index contributed by atoms with van der Waals surface area (Å²) < 4.78 is 7.53. The van der Waals surface area contributed by atoms with Crippen molar-refractivity contribution in [2.45, 2.75) is 214 Å². The number of nitrogens with zero attached hydrogens (tertiary/aromatic N) is 1. The molecule has 264 valence electrons. The van der Waals surface area contributed by atoms with Gasteiger partial charge in [-0.05, 0) is 169 Å². The third kappa shape index (κ3) is 5.78. The Morgan fingerprint density at radius 1 is 0.362 bits per heavy atom. The predicted molar refractivity (Wildman–Crippen MR) is 197 cm³/mol. The van der Waals surface area contributed by atoms with Gasteiger partial charge < -0.3 is 4.74 Å². The van der Waals surface area contributed by atoms with Crippen molar-refractivity contribution < 1.29 is 4.74 Å². The van der Waals surface area contributed by atoms with Gasteiger partial charge in [0.15, 0.2) is 0 Å². The molecule has 3 heteroatoms. The van der Waals surface area contributed by atoms with E-state index < -0.39 is 0 Å². The van der Waals surface area contributed by atoms with Crippen molar-refractivity contribution in [3.63, 3.8) is 0 Å². The van der Waals surface area contributed by atoms with Crippen LogP contribution in [0, 0.1) is 59.2 Å². The Kier molecular flexibility index (Phi) is 9.30. The van der Waals surface area contributed by atoms with Gasteiger partial charge in [0.05, 0.1) is 12.2 Å².